The first-order chi connectivity index (χ1) is 17.0. The van der Waals surface area contributed by atoms with Gasteiger partial charge in [0, 0.05) is 31.4 Å². The summed E-state index contributed by atoms with van der Waals surface area (Å²) in [4.78, 5) is 26.7. The van der Waals surface area contributed by atoms with E-state index in [0.717, 1.165) is 19.3 Å². The number of rotatable bonds is 4. The van der Waals surface area contributed by atoms with Crippen molar-refractivity contribution in [1.82, 2.24) is 24.4 Å². The lowest BCUT2D eigenvalue weighted by molar-refractivity contribution is -0.125. The Morgan fingerprint density at radius 3 is 2.89 bits per heavy atom. The molecule has 9 nitrogen and oxygen atoms in total. The van der Waals surface area contributed by atoms with E-state index < -0.39 is 5.82 Å². The number of fused-ring (bicyclic) bond motifs is 2. The second-order valence-electron chi connectivity index (χ2n) is 8.83. The molecule has 0 spiro atoms. The predicted molar refractivity (Wildman–Crippen MR) is 129 cm³/mol. The van der Waals surface area contributed by atoms with Crippen LogP contribution in [-0.2, 0) is 4.79 Å². The molecular weight excluding hydrogens is 449 g/mol. The van der Waals surface area contributed by atoms with Crippen LogP contribution >= 0.6 is 0 Å². The number of nitrogens with zero attached hydrogens (tertiary/aromatic N) is 5. The second-order valence-corrected chi connectivity index (χ2v) is 8.83. The third-order valence-electron chi connectivity index (χ3n) is 6.40. The number of likely N-dealkylation sites (tertiary alicyclic amines) is 1. The fourth-order valence-corrected chi connectivity index (χ4v) is 4.42. The molecule has 1 unspecified atom stereocenters. The molecule has 0 bridgehead atoms. The molecule has 4 aromatic rings. The van der Waals surface area contributed by atoms with Crippen LogP contribution < -0.4 is 11.1 Å². The molecule has 1 amide bonds. The van der Waals surface area contributed by atoms with Crippen LogP contribution in [0, 0.1) is 17.7 Å². The van der Waals surface area contributed by atoms with E-state index in [1.807, 2.05) is 10.8 Å². The number of halogens is 1. The van der Waals surface area contributed by atoms with Crippen molar-refractivity contribution < 1.29 is 13.6 Å². The highest BCUT2D eigenvalue weighted by molar-refractivity contribution is 5.92. The summed E-state index contributed by atoms with van der Waals surface area (Å²) in [6, 6.07) is 3.65. The number of carbonyl (C=O) groups excluding carboxylic acids is 1. The van der Waals surface area contributed by atoms with E-state index in [0.29, 0.717) is 58.7 Å². The molecule has 6 rings (SSSR count). The number of nitrogens with two attached hydrogens (primary N) is 1. The van der Waals surface area contributed by atoms with Gasteiger partial charge >= 0.3 is 0 Å². The molecule has 4 heterocycles. The molecule has 0 radical (unpaired) electrons. The van der Waals surface area contributed by atoms with E-state index in [1.165, 1.54) is 18.5 Å². The first-order valence-corrected chi connectivity index (χ1v) is 11.4. The molecule has 1 aliphatic heterocycles. The van der Waals surface area contributed by atoms with Gasteiger partial charge in [-0.15, -0.1) is 0 Å². The zero-order chi connectivity index (χ0) is 24.1. The van der Waals surface area contributed by atoms with Gasteiger partial charge in [-0.25, -0.2) is 14.4 Å². The number of hydrogen-bond acceptors (Lipinski definition) is 7. The van der Waals surface area contributed by atoms with Crippen molar-refractivity contribution in [3.8, 4) is 11.8 Å². The monoisotopic (exact) mass is 471 g/mol. The number of amides is 1. The molecule has 1 aromatic carbocycles. The van der Waals surface area contributed by atoms with Gasteiger partial charge in [0.05, 0.1) is 22.6 Å². The Balaban J connectivity index is 1.36. The first kappa shape index (κ1) is 21.2. The van der Waals surface area contributed by atoms with Gasteiger partial charge in [-0.05, 0) is 31.4 Å². The zero-order valence-corrected chi connectivity index (χ0v) is 18.8. The number of carbonyl (C=O) groups is 1. The average molecular weight is 471 g/mol. The number of oxazole rings is 1. The van der Waals surface area contributed by atoms with E-state index in [2.05, 4.69) is 38.7 Å². The summed E-state index contributed by atoms with van der Waals surface area (Å²) in [5, 5.41) is 3.78. The van der Waals surface area contributed by atoms with Crippen molar-refractivity contribution in [3.63, 3.8) is 0 Å². The number of anilines is 2. The van der Waals surface area contributed by atoms with Crippen molar-refractivity contribution in [2.24, 2.45) is 0 Å². The van der Waals surface area contributed by atoms with E-state index in [-0.39, 0.29) is 17.5 Å². The van der Waals surface area contributed by atoms with Gasteiger partial charge < -0.3 is 24.9 Å². The maximum absolute atomic E-state index is 14.8. The number of hydrogen-bond donors (Lipinski definition) is 2. The summed E-state index contributed by atoms with van der Waals surface area (Å²) in [7, 11) is 0. The van der Waals surface area contributed by atoms with Crippen LogP contribution in [0.4, 0.5) is 16.2 Å². The normalized spacial score (nSPS) is 17.5. The van der Waals surface area contributed by atoms with Crippen molar-refractivity contribution >= 4 is 39.9 Å². The Labute approximate surface area is 199 Å². The number of nitrogen functional groups attached to an aromatic ring is 1. The third kappa shape index (κ3) is 3.85. The fourth-order valence-electron chi connectivity index (χ4n) is 4.42. The SMILES string of the molecule is C=CC(=O)N1CCC(n2cc(C#Cc3cc4nc(NC5CC5)oc4cc3F)c3c(N)ncnc32)C1. The van der Waals surface area contributed by atoms with Crippen molar-refractivity contribution in [2.45, 2.75) is 31.3 Å². The van der Waals surface area contributed by atoms with Crippen molar-refractivity contribution in [1.29, 1.82) is 0 Å². The standard InChI is InChI=1S/C25H22FN7O2/c1-2-21(34)32-8-7-17(12-32)33-11-15(22-23(27)28-13-29-24(22)33)4-3-14-9-19-20(10-18(14)26)35-25(31-19)30-16-5-6-16/h2,9-11,13,16-17H,1,5-8,12H2,(H,30,31)(H2,27,28,29). The Morgan fingerprint density at radius 1 is 1.26 bits per heavy atom. The Bertz CT molecular complexity index is 1560. The number of nitrogens with one attached hydrogen (secondary N) is 1. The van der Waals surface area contributed by atoms with E-state index >= 15 is 0 Å². The highest BCUT2D eigenvalue weighted by Gasteiger charge is 2.28. The smallest absolute Gasteiger partial charge is 0.295 e. The van der Waals surface area contributed by atoms with E-state index in [9.17, 15) is 9.18 Å². The summed E-state index contributed by atoms with van der Waals surface area (Å²) in [6.45, 7) is 4.72. The minimum Gasteiger partial charge on any atom is -0.423 e. The minimum absolute atomic E-state index is 0.00635. The molecular formula is C25H22FN7O2. The van der Waals surface area contributed by atoms with Gasteiger partial charge in [-0.3, -0.25) is 4.79 Å². The Morgan fingerprint density at radius 2 is 2.09 bits per heavy atom. The molecule has 10 heteroatoms. The Kier molecular flexibility index (Phi) is 4.91. The second kappa shape index (κ2) is 8.13. The van der Waals surface area contributed by atoms with E-state index in [1.54, 1.807) is 11.0 Å². The molecule has 3 N–H and O–H groups in total. The summed E-state index contributed by atoms with van der Waals surface area (Å²) in [6.07, 6.45) is 7.48. The predicted octanol–water partition coefficient (Wildman–Crippen LogP) is 3.23. The highest BCUT2D eigenvalue weighted by Crippen LogP contribution is 2.31. The summed E-state index contributed by atoms with van der Waals surface area (Å²) in [5.74, 6) is 5.65. The Hall–Kier alpha value is -4.39. The van der Waals surface area contributed by atoms with Crippen molar-refractivity contribution in [2.75, 3.05) is 24.1 Å². The summed E-state index contributed by atoms with van der Waals surface area (Å²) < 4.78 is 22.4. The number of aromatic nitrogens is 4. The van der Waals surface area contributed by atoms with E-state index in [4.69, 9.17) is 10.2 Å². The minimum atomic E-state index is -0.499. The van der Waals surface area contributed by atoms with Crippen LogP contribution in [-0.4, -0.2) is 49.5 Å². The number of benzene rings is 1. The van der Waals surface area contributed by atoms with Gasteiger partial charge in [0.2, 0.25) is 5.91 Å². The van der Waals surface area contributed by atoms with Crippen LogP contribution in [0.15, 0.2) is 41.7 Å². The topological polar surface area (TPSA) is 115 Å². The third-order valence-corrected chi connectivity index (χ3v) is 6.40. The summed E-state index contributed by atoms with van der Waals surface area (Å²) >= 11 is 0. The molecule has 3 aromatic heterocycles. The van der Waals surface area contributed by atoms with Crippen molar-refractivity contribution in [3.05, 3.63) is 54.3 Å². The molecule has 1 atom stereocenters. The lowest BCUT2D eigenvalue weighted by Crippen LogP contribution is -2.27. The average Bonchev–Trinajstić information content (AvgIpc) is 3.22. The van der Waals surface area contributed by atoms with Crippen LogP contribution in [0.2, 0.25) is 0 Å². The lowest BCUT2D eigenvalue weighted by Gasteiger charge is -2.15. The maximum Gasteiger partial charge on any atom is 0.295 e. The van der Waals surface area contributed by atoms with Gasteiger partial charge in [-0.2, -0.15) is 4.98 Å². The molecule has 1 aliphatic carbocycles. The fraction of sp³-hybridized carbons (Fsp3) is 0.280. The largest absolute Gasteiger partial charge is 0.423 e. The molecule has 2 aliphatic rings. The van der Waals surface area contributed by atoms with Gasteiger partial charge in [-0.1, -0.05) is 18.4 Å². The summed E-state index contributed by atoms with van der Waals surface area (Å²) in [5.41, 5.74) is 8.48. The van der Waals surface area contributed by atoms with Gasteiger partial charge in [0.25, 0.3) is 6.01 Å². The molecule has 176 valence electrons. The van der Waals surface area contributed by atoms with Gasteiger partial charge in [0.1, 0.15) is 29.1 Å². The van der Waals surface area contributed by atoms with Crippen LogP contribution in [0.1, 0.15) is 36.4 Å². The highest BCUT2D eigenvalue weighted by atomic mass is 19.1. The molecule has 35 heavy (non-hydrogen) atoms. The lowest BCUT2D eigenvalue weighted by atomic mass is 10.1. The van der Waals surface area contributed by atoms with Crippen LogP contribution in [0.3, 0.4) is 0 Å². The van der Waals surface area contributed by atoms with Crippen LogP contribution in [0.25, 0.3) is 22.1 Å². The molecule has 1 saturated heterocycles. The molecule has 2 fully saturated rings. The zero-order valence-electron chi connectivity index (χ0n) is 18.8. The quantitative estimate of drug-likeness (QED) is 0.347. The maximum atomic E-state index is 14.8. The van der Waals surface area contributed by atoms with Gasteiger partial charge in [0.15, 0.2) is 5.58 Å². The molecule has 1 saturated carbocycles. The first-order valence-electron chi connectivity index (χ1n) is 11.4. The van der Waals surface area contributed by atoms with Crippen LogP contribution in [0.5, 0.6) is 0 Å².